The Morgan fingerprint density at radius 3 is 2.35 bits per heavy atom. The summed E-state index contributed by atoms with van der Waals surface area (Å²) in [4.78, 5) is 28.7. The monoisotopic (exact) mass is 265 g/mol. The Kier molecular flexibility index (Phi) is 3.89. The van der Waals surface area contributed by atoms with Gasteiger partial charge in [0.1, 0.15) is 0 Å². The van der Waals surface area contributed by atoms with Gasteiger partial charge in [0.05, 0.1) is 0 Å². The van der Waals surface area contributed by atoms with Crippen LogP contribution in [-0.4, -0.2) is 18.3 Å². The van der Waals surface area contributed by atoms with Crippen molar-refractivity contribution < 1.29 is 9.59 Å². The van der Waals surface area contributed by atoms with Crippen molar-refractivity contribution in [3.05, 3.63) is 71.0 Å². The van der Waals surface area contributed by atoms with Crippen molar-refractivity contribution in [2.24, 2.45) is 4.99 Å². The highest BCUT2D eigenvalue weighted by Gasteiger charge is 2.29. The highest BCUT2D eigenvalue weighted by molar-refractivity contribution is 6.26. The molecule has 0 bridgehead atoms. The van der Waals surface area contributed by atoms with Crippen LogP contribution in [-0.2, 0) is 0 Å². The van der Waals surface area contributed by atoms with Crippen LogP contribution >= 0.6 is 0 Å². The lowest BCUT2D eigenvalue weighted by atomic mass is 9.83. The van der Waals surface area contributed by atoms with Crippen molar-refractivity contribution in [3.8, 4) is 0 Å². The van der Waals surface area contributed by atoms with Gasteiger partial charge < -0.3 is 0 Å². The van der Waals surface area contributed by atoms with E-state index in [1.807, 2.05) is 0 Å². The summed E-state index contributed by atoms with van der Waals surface area (Å²) in [6, 6.07) is 6.88. The van der Waals surface area contributed by atoms with Crippen LogP contribution < -0.4 is 0 Å². The normalized spacial score (nSPS) is 15.2. The fourth-order valence-electron chi connectivity index (χ4n) is 2.25. The minimum atomic E-state index is -0.115. The second-order valence-electron chi connectivity index (χ2n) is 4.54. The Hall–Kier alpha value is -2.55. The second-order valence-corrected chi connectivity index (χ2v) is 4.54. The van der Waals surface area contributed by atoms with Gasteiger partial charge in [-0.2, -0.15) is 0 Å². The topological polar surface area (TPSA) is 46.5 Å². The summed E-state index contributed by atoms with van der Waals surface area (Å²) >= 11 is 0. The molecule has 1 aliphatic carbocycles. The molecule has 0 aromatic heterocycles. The maximum atomic E-state index is 12.5. The molecule has 0 heterocycles. The molecule has 0 aliphatic heterocycles. The summed E-state index contributed by atoms with van der Waals surface area (Å²) in [5.74, 6) is -0.214. The van der Waals surface area contributed by atoms with E-state index < -0.39 is 0 Å². The van der Waals surface area contributed by atoms with Crippen LogP contribution in [0, 0.1) is 0 Å². The third-order valence-corrected chi connectivity index (χ3v) is 3.35. The number of carbonyl (C=O) groups excluding carboxylic acids is 2. The molecule has 0 atom stereocenters. The van der Waals surface area contributed by atoms with Crippen LogP contribution in [0.25, 0.3) is 0 Å². The molecule has 0 spiro atoms. The van der Waals surface area contributed by atoms with Crippen LogP contribution in [0.3, 0.4) is 0 Å². The van der Waals surface area contributed by atoms with E-state index in [9.17, 15) is 9.59 Å². The Morgan fingerprint density at radius 2 is 1.80 bits per heavy atom. The molecule has 0 radical (unpaired) electrons. The smallest absolute Gasteiger partial charge is 0.190 e. The van der Waals surface area contributed by atoms with Crippen LogP contribution in [0.2, 0.25) is 0 Å². The lowest BCUT2D eigenvalue weighted by molar-refractivity contribution is 0.0973. The fraction of sp³-hybridized carbons (Fsp3) is 0.118. The van der Waals surface area contributed by atoms with Gasteiger partial charge in [0.25, 0.3) is 0 Å². The molecular weight excluding hydrogens is 250 g/mol. The molecular formula is C17H15NO2. The van der Waals surface area contributed by atoms with Crippen LogP contribution in [0.4, 0.5) is 0 Å². The Balaban J connectivity index is 2.49. The van der Waals surface area contributed by atoms with E-state index in [0.29, 0.717) is 34.4 Å². The fourth-order valence-corrected chi connectivity index (χ4v) is 2.25. The van der Waals surface area contributed by atoms with Gasteiger partial charge in [0.2, 0.25) is 0 Å². The van der Waals surface area contributed by atoms with Gasteiger partial charge in [-0.15, -0.1) is 0 Å². The highest BCUT2D eigenvalue weighted by atomic mass is 16.1. The van der Waals surface area contributed by atoms with Gasteiger partial charge in [-0.1, -0.05) is 36.9 Å². The third-order valence-electron chi connectivity index (χ3n) is 3.35. The predicted octanol–water partition coefficient (Wildman–Crippen LogP) is 3.54. The van der Waals surface area contributed by atoms with Gasteiger partial charge in [0.15, 0.2) is 11.6 Å². The molecule has 1 aliphatic rings. The molecule has 3 nitrogen and oxygen atoms in total. The van der Waals surface area contributed by atoms with Crippen LogP contribution in [0.5, 0.6) is 0 Å². The molecule has 0 saturated heterocycles. The van der Waals surface area contributed by atoms with Gasteiger partial charge in [-0.05, 0) is 19.7 Å². The van der Waals surface area contributed by atoms with E-state index in [1.54, 1.807) is 43.3 Å². The van der Waals surface area contributed by atoms with Crippen LogP contribution in [0.1, 0.15) is 34.1 Å². The minimum Gasteiger partial charge on any atom is -0.289 e. The first-order chi connectivity index (χ1) is 9.60. The van der Waals surface area contributed by atoms with Crippen molar-refractivity contribution in [1.82, 2.24) is 0 Å². The zero-order valence-corrected chi connectivity index (χ0v) is 11.3. The van der Waals surface area contributed by atoms with Gasteiger partial charge in [0, 0.05) is 34.4 Å². The van der Waals surface area contributed by atoms with Crippen molar-refractivity contribution >= 4 is 18.3 Å². The predicted molar refractivity (Wildman–Crippen MR) is 80.2 cm³/mol. The first kappa shape index (κ1) is 13.9. The molecule has 0 saturated carbocycles. The zero-order valence-electron chi connectivity index (χ0n) is 11.3. The average Bonchev–Trinajstić information content (AvgIpc) is 2.48. The van der Waals surface area contributed by atoms with Gasteiger partial charge in [-0.25, -0.2) is 0 Å². The number of ketones is 2. The highest BCUT2D eigenvalue weighted by Crippen LogP contribution is 2.29. The summed E-state index contributed by atoms with van der Waals surface area (Å²) in [6.07, 6.45) is 3.56. The number of hydrogen-bond donors (Lipinski definition) is 0. The number of aliphatic imine (C=N–C) groups is 1. The lowest BCUT2D eigenvalue weighted by Gasteiger charge is -2.18. The number of allylic oxidation sites excluding steroid dienone is 4. The molecule has 1 aromatic rings. The quantitative estimate of drug-likeness (QED) is 0.617. The Labute approximate surface area is 118 Å². The number of nitrogens with zero attached hydrogens (tertiary/aromatic N) is 1. The first-order valence-corrected chi connectivity index (χ1v) is 6.26. The molecule has 0 fully saturated rings. The van der Waals surface area contributed by atoms with E-state index in [4.69, 9.17) is 0 Å². The zero-order chi connectivity index (χ0) is 14.7. The molecule has 0 amide bonds. The molecule has 20 heavy (non-hydrogen) atoms. The second kappa shape index (κ2) is 5.61. The van der Waals surface area contributed by atoms with E-state index >= 15 is 0 Å². The summed E-state index contributed by atoms with van der Waals surface area (Å²) < 4.78 is 0. The van der Waals surface area contributed by atoms with E-state index in [0.717, 1.165) is 0 Å². The Morgan fingerprint density at radius 1 is 1.20 bits per heavy atom. The van der Waals surface area contributed by atoms with Crippen molar-refractivity contribution in [3.63, 3.8) is 0 Å². The molecule has 1 aromatic carbocycles. The standard InChI is InChI=1S/C17H15NO2/c1-4-7-12(18-3)10-15-11(2)16(19)13-8-5-6-9-14(13)17(15)20/h4-9H,1,3,10H2,2H3/b12-7-. The van der Waals surface area contributed by atoms with Gasteiger partial charge >= 0.3 is 0 Å². The molecule has 0 unspecified atom stereocenters. The van der Waals surface area contributed by atoms with E-state index in [1.165, 1.54) is 0 Å². The van der Waals surface area contributed by atoms with Gasteiger partial charge in [-0.3, -0.25) is 14.6 Å². The third kappa shape index (κ3) is 2.30. The SMILES string of the molecule is C=C/C=C(/CC1=C(C)C(=O)c2ccccc2C1=O)N=C. The number of carbonyl (C=O) groups is 2. The van der Waals surface area contributed by atoms with E-state index in [-0.39, 0.29) is 11.6 Å². The number of rotatable bonds is 4. The minimum absolute atomic E-state index is 0.0998. The van der Waals surface area contributed by atoms with Crippen molar-refractivity contribution in [2.45, 2.75) is 13.3 Å². The summed E-state index contributed by atoms with van der Waals surface area (Å²) in [5, 5.41) is 0. The molecule has 2 rings (SSSR count). The molecule has 100 valence electrons. The molecule has 3 heteroatoms. The summed E-state index contributed by atoms with van der Waals surface area (Å²) in [7, 11) is 0. The summed E-state index contributed by atoms with van der Waals surface area (Å²) in [6.45, 7) is 8.75. The lowest BCUT2D eigenvalue weighted by Crippen LogP contribution is -2.21. The van der Waals surface area contributed by atoms with Crippen LogP contribution in [0.15, 0.2) is 64.8 Å². The summed E-state index contributed by atoms with van der Waals surface area (Å²) in [5.41, 5.74) is 2.51. The molecule has 0 N–H and O–H groups in total. The maximum absolute atomic E-state index is 12.5. The average molecular weight is 265 g/mol. The Bertz CT molecular complexity index is 678. The first-order valence-electron chi connectivity index (χ1n) is 6.26. The number of benzene rings is 1. The largest absolute Gasteiger partial charge is 0.289 e. The number of hydrogen-bond acceptors (Lipinski definition) is 3. The maximum Gasteiger partial charge on any atom is 0.190 e. The van der Waals surface area contributed by atoms with E-state index in [2.05, 4.69) is 18.3 Å². The van der Waals surface area contributed by atoms with Crippen molar-refractivity contribution in [2.75, 3.05) is 0 Å². The number of fused-ring (bicyclic) bond motifs is 1. The van der Waals surface area contributed by atoms with Crippen molar-refractivity contribution in [1.29, 1.82) is 0 Å². The number of Topliss-reactive ketones (excluding diaryl/α,β-unsaturated/α-hetero) is 2.